The maximum absolute atomic E-state index is 13.8. The van der Waals surface area contributed by atoms with Crippen molar-refractivity contribution >= 4 is 0 Å². The highest BCUT2D eigenvalue weighted by atomic mass is 19.1. The minimum Gasteiger partial charge on any atom is -0.236 e. The molecule has 0 saturated heterocycles. The summed E-state index contributed by atoms with van der Waals surface area (Å²) in [4.78, 5) is 8.86. The van der Waals surface area contributed by atoms with Gasteiger partial charge in [-0.15, -0.1) is 0 Å². The van der Waals surface area contributed by atoms with E-state index in [1.165, 1.54) is 62.6 Å². The van der Waals surface area contributed by atoms with E-state index in [0.29, 0.717) is 17.3 Å². The Morgan fingerprint density at radius 3 is 2.48 bits per heavy atom. The normalized spacial score (nSPS) is 20.2. The fraction of sp³-hybridized carbons (Fsp3) is 0.476. The van der Waals surface area contributed by atoms with Crippen molar-refractivity contribution in [1.82, 2.24) is 9.97 Å². The van der Waals surface area contributed by atoms with Gasteiger partial charge in [-0.2, -0.15) is 5.26 Å². The fourth-order valence-electron chi connectivity index (χ4n) is 3.72. The lowest BCUT2D eigenvalue weighted by Crippen LogP contribution is -2.13. The quantitative estimate of drug-likeness (QED) is 0.711. The molecule has 0 aliphatic heterocycles. The molecule has 130 valence electrons. The number of nitriles is 1. The Hall–Kier alpha value is -2.28. The molecule has 0 N–H and O–H groups in total. The first-order valence-electron chi connectivity index (χ1n) is 9.23. The first-order valence-corrected chi connectivity index (χ1v) is 9.23. The molecule has 1 saturated carbocycles. The van der Waals surface area contributed by atoms with Gasteiger partial charge < -0.3 is 0 Å². The molecular weight excluding hydrogens is 313 g/mol. The summed E-state index contributed by atoms with van der Waals surface area (Å²) < 4.78 is 13.8. The fourth-order valence-corrected chi connectivity index (χ4v) is 3.72. The van der Waals surface area contributed by atoms with Gasteiger partial charge >= 0.3 is 0 Å². The van der Waals surface area contributed by atoms with Gasteiger partial charge in [0.15, 0.2) is 5.82 Å². The molecule has 0 spiro atoms. The highest BCUT2D eigenvalue weighted by Crippen LogP contribution is 2.37. The number of benzene rings is 1. The van der Waals surface area contributed by atoms with E-state index in [9.17, 15) is 4.39 Å². The van der Waals surface area contributed by atoms with Gasteiger partial charge in [-0.25, -0.2) is 14.4 Å². The van der Waals surface area contributed by atoms with Crippen molar-refractivity contribution in [1.29, 1.82) is 5.26 Å². The largest absolute Gasteiger partial charge is 0.236 e. The minimum absolute atomic E-state index is 0.0419. The van der Waals surface area contributed by atoms with Gasteiger partial charge in [-0.05, 0) is 61.3 Å². The predicted molar refractivity (Wildman–Crippen MR) is 96.4 cm³/mol. The Morgan fingerprint density at radius 1 is 1.16 bits per heavy atom. The lowest BCUT2D eigenvalue weighted by Gasteiger charge is -2.28. The molecule has 3 rings (SSSR count). The Morgan fingerprint density at radius 2 is 1.88 bits per heavy atom. The Labute approximate surface area is 148 Å². The average Bonchev–Trinajstić information content (AvgIpc) is 2.67. The summed E-state index contributed by atoms with van der Waals surface area (Å²) >= 11 is 0. The van der Waals surface area contributed by atoms with Crippen LogP contribution in [0.1, 0.15) is 68.9 Å². The smallest absolute Gasteiger partial charge is 0.159 e. The molecule has 0 bridgehead atoms. The monoisotopic (exact) mass is 337 g/mol. The van der Waals surface area contributed by atoms with Gasteiger partial charge in [-0.3, -0.25) is 0 Å². The van der Waals surface area contributed by atoms with Crippen LogP contribution in [0, 0.1) is 23.1 Å². The number of aromatic nitrogens is 2. The van der Waals surface area contributed by atoms with Crippen LogP contribution < -0.4 is 0 Å². The highest BCUT2D eigenvalue weighted by molar-refractivity contribution is 5.56. The summed E-state index contributed by atoms with van der Waals surface area (Å²) in [6.07, 6.45) is 12.8. The van der Waals surface area contributed by atoms with Crippen molar-refractivity contribution in [3.05, 3.63) is 47.5 Å². The maximum Gasteiger partial charge on any atom is 0.159 e. The summed E-state index contributed by atoms with van der Waals surface area (Å²) in [5.41, 5.74) is 1.83. The van der Waals surface area contributed by atoms with Crippen molar-refractivity contribution in [2.24, 2.45) is 5.92 Å². The molecule has 1 aliphatic carbocycles. The molecule has 1 aromatic heterocycles. The second-order valence-corrected chi connectivity index (χ2v) is 7.01. The molecule has 1 aliphatic rings. The molecule has 3 nitrogen and oxygen atoms in total. The lowest BCUT2D eigenvalue weighted by atomic mass is 9.78. The van der Waals surface area contributed by atoms with Crippen LogP contribution in [-0.2, 0) is 0 Å². The van der Waals surface area contributed by atoms with Crippen molar-refractivity contribution in [3.63, 3.8) is 0 Å². The van der Waals surface area contributed by atoms with Crippen molar-refractivity contribution in [2.45, 2.75) is 57.8 Å². The molecule has 0 amide bonds. The van der Waals surface area contributed by atoms with E-state index in [0.717, 1.165) is 5.92 Å². The van der Waals surface area contributed by atoms with E-state index < -0.39 is 5.82 Å². The van der Waals surface area contributed by atoms with Crippen LogP contribution in [0.3, 0.4) is 0 Å². The summed E-state index contributed by atoms with van der Waals surface area (Å²) in [6.45, 7) is 2.25. The molecule has 25 heavy (non-hydrogen) atoms. The van der Waals surface area contributed by atoms with Crippen LogP contribution in [0.25, 0.3) is 11.4 Å². The minimum atomic E-state index is -0.530. The van der Waals surface area contributed by atoms with Gasteiger partial charge in [0.25, 0.3) is 0 Å². The van der Waals surface area contributed by atoms with Crippen LogP contribution >= 0.6 is 0 Å². The molecule has 1 fully saturated rings. The number of unbranched alkanes of at least 4 members (excludes halogenated alkanes) is 1. The zero-order valence-electron chi connectivity index (χ0n) is 14.7. The summed E-state index contributed by atoms with van der Waals surface area (Å²) in [7, 11) is 0. The summed E-state index contributed by atoms with van der Waals surface area (Å²) in [6, 6.07) is 6.31. The van der Waals surface area contributed by atoms with Crippen LogP contribution in [0.15, 0.2) is 30.6 Å². The van der Waals surface area contributed by atoms with E-state index >= 15 is 0 Å². The summed E-state index contributed by atoms with van der Waals surface area (Å²) in [5.74, 6) is 1.41. The van der Waals surface area contributed by atoms with Gasteiger partial charge in [0.1, 0.15) is 11.9 Å². The molecule has 2 aromatic rings. The van der Waals surface area contributed by atoms with Crippen molar-refractivity contribution in [2.75, 3.05) is 0 Å². The van der Waals surface area contributed by atoms with Crippen molar-refractivity contribution < 1.29 is 4.39 Å². The van der Waals surface area contributed by atoms with Gasteiger partial charge in [0, 0.05) is 18.0 Å². The topological polar surface area (TPSA) is 49.6 Å². The summed E-state index contributed by atoms with van der Waals surface area (Å²) in [5, 5.41) is 8.81. The predicted octanol–water partition coefficient (Wildman–Crippen LogP) is 5.62. The third-order valence-electron chi connectivity index (χ3n) is 5.30. The maximum atomic E-state index is 13.8. The molecule has 0 unspecified atom stereocenters. The number of rotatable bonds is 5. The Balaban J connectivity index is 1.65. The zero-order valence-corrected chi connectivity index (χ0v) is 14.7. The number of hydrogen-bond acceptors (Lipinski definition) is 3. The Kier molecular flexibility index (Phi) is 5.75. The van der Waals surface area contributed by atoms with Gasteiger partial charge in [0.2, 0.25) is 0 Å². The first kappa shape index (κ1) is 17.5. The lowest BCUT2D eigenvalue weighted by molar-refractivity contribution is 0.304. The average molecular weight is 337 g/mol. The second kappa shape index (κ2) is 8.20. The van der Waals surface area contributed by atoms with Crippen molar-refractivity contribution in [3.8, 4) is 17.5 Å². The van der Waals surface area contributed by atoms with Crippen LogP contribution in [-0.4, -0.2) is 9.97 Å². The second-order valence-electron chi connectivity index (χ2n) is 7.01. The molecule has 1 aromatic carbocycles. The van der Waals surface area contributed by atoms with E-state index in [1.807, 2.05) is 18.5 Å². The van der Waals surface area contributed by atoms with E-state index in [2.05, 4.69) is 16.9 Å². The number of nitrogens with zero attached hydrogens (tertiary/aromatic N) is 3. The van der Waals surface area contributed by atoms with Crippen LogP contribution in [0.4, 0.5) is 4.39 Å². The molecular formula is C21H24FN3. The molecule has 0 atom stereocenters. The van der Waals surface area contributed by atoms with E-state index in [4.69, 9.17) is 5.26 Å². The number of hydrogen-bond donors (Lipinski definition) is 0. The Bertz CT molecular complexity index is 741. The van der Waals surface area contributed by atoms with Gasteiger partial charge in [0.05, 0.1) is 5.56 Å². The standard InChI is InChI=1S/C21H24FN3/c1-2-3-4-15-5-7-16(8-6-15)19-13-24-21(25-14-19)17-9-10-18(12-23)20(22)11-17/h9-11,13-16H,2-8H2,1H3. The SMILES string of the molecule is CCCCC1CCC(c2cnc(-c3ccc(C#N)c(F)c3)nc2)CC1. The zero-order chi connectivity index (χ0) is 17.6. The molecule has 0 radical (unpaired) electrons. The number of halogens is 1. The van der Waals surface area contributed by atoms with E-state index in [1.54, 1.807) is 6.07 Å². The van der Waals surface area contributed by atoms with Crippen LogP contribution in [0.5, 0.6) is 0 Å². The highest BCUT2D eigenvalue weighted by Gasteiger charge is 2.22. The molecule has 1 heterocycles. The van der Waals surface area contributed by atoms with E-state index in [-0.39, 0.29) is 5.56 Å². The first-order chi connectivity index (χ1) is 12.2. The third-order valence-corrected chi connectivity index (χ3v) is 5.30. The van der Waals surface area contributed by atoms with Crippen LogP contribution in [0.2, 0.25) is 0 Å². The van der Waals surface area contributed by atoms with Gasteiger partial charge in [-0.1, -0.05) is 26.2 Å². The third kappa shape index (κ3) is 4.22. The molecule has 4 heteroatoms.